The van der Waals surface area contributed by atoms with Crippen LogP contribution in [-0.2, 0) is 0 Å². The minimum atomic E-state index is -1.14. The van der Waals surface area contributed by atoms with Crippen molar-refractivity contribution in [1.82, 2.24) is 0 Å². The molecule has 0 saturated carbocycles. The molecule has 0 atom stereocenters. The van der Waals surface area contributed by atoms with Crippen molar-refractivity contribution >= 4 is 22.8 Å². The first-order valence-corrected chi connectivity index (χ1v) is 9.53. The van der Waals surface area contributed by atoms with Crippen LogP contribution >= 0.6 is 0 Å². The van der Waals surface area contributed by atoms with Crippen LogP contribution in [0.1, 0.15) is 0 Å². The summed E-state index contributed by atoms with van der Waals surface area (Å²) in [6.07, 6.45) is 0. The number of hydrogen-bond donors (Lipinski definition) is 0. The fraction of sp³-hybridized carbons (Fsp3) is 0.273. The van der Waals surface area contributed by atoms with Gasteiger partial charge in [-0.3, -0.25) is 0 Å². The Morgan fingerprint density at radius 2 is 1.69 bits per heavy atom. The fourth-order valence-electron chi connectivity index (χ4n) is 1.01. The lowest BCUT2D eigenvalue weighted by atomic mass is 10.4. The lowest BCUT2D eigenvalue weighted by Crippen LogP contribution is -2.18. The van der Waals surface area contributed by atoms with Crippen molar-refractivity contribution in [3.8, 4) is 11.1 Å². The van der Waals surface area contributed by atoms with E-state index in [4.69, 9.17) is 0 Å². The average Bonchev–Trinajstić information content (AvgIpc) is 2.04. The Balaban J connectivity index is 2.56. The van der Waals surface area contributed by atoms with Gasteiger partial charge in [0.15, 0.2) is 0 Å². The third-order valence-electron chi connectivity index (χ3n) is 1.60. The molecule has 0 aliphatic heterocycles. The van der Waals surface area contributed by atoms with Crippen molar-refractivity contribution in [1.29, 1.82) is 0 Å². The van der Waals surface area contributed by atoms with Crippen LogP contribution in [0.2, 0.25) is 19.6 Å². The van der Waals surface area contributed by atoms with Crippen LogP contribution in [0.3, 0.4) is 0 Å². The predicted octanol–water partition coefficient (Wildman–Crippen LogP) is 1.32. The zero-order chi connectivity index (χ0) is 9.73. The van der Waals surface area contributed by atoms with Crippen molar-refractivity contribution in [2.24, 2.45) is 0 Å². The molecule has 0 amide bonds. The summed E-state index contributed by atoms with van der Waals surface area (Å²) in [5.41, 5.74) is 6.81. The van der Waals surface area contributed by atoms with E-state index in [9.17, 15) is 0 Å². The van der Waals surface area contributed by atoms with Gasteiger partial charge >= 0.3 is 0 Å². The highest BCUT2D eigenvalue weighted by atomic mass is 28.3. The molecular formula is C11H16Si2. The molecule has 0 bridgehead atoms. The molecule has 0 aliphatic rings. The zero-order valence-electron chi connectivity index (χ0n) is 8.59. The van der Waals surface area contributed by atoms with Crippen LogP contribution in [-0.4, -0.2) is 17.6 Å². The highest BCUT2D eigenvalue weighted by molar-refractivity contribution is 6.85. The van der Waals surface area contributed by atoms with E-state index in [-0.39, 0.29) is 9.52 Å². The van der Waals surface area contributed by atoms with Crippen molar-refractivity contribution in [3.05, 3.63) is 30.3 Å². The van der Waals surface area contributed by atoms with Crippen molar-refractivity contribution in [3.63, 3.8) is 0 Å². The van der Waals surface area contributed by atoms with Gasteiger partial charge in [-0.1, -0.05) is 55.2 Å². The van der Waals surface area contributed by atoms with Gasteiger partial charge in [-0.15, -0.1) is 11.1 Å². The summed E-state index contributed by atoms with van der Waals surface area (Å²) < 4.78 is 0. The molecule has 68 valence electrons. The van der Waals surface area contributed by atoms with Gasteiger partial charge in [0, 0.05) is 0 Å². The summed E-state index contributed by atoms with van der Waals surface area (Å²) in [5, 5.41) is 1.45. The lowest BCUT2D eigenvalue weighted by molar-refractivity contribution is 1.77. The summed E-state index contributed by atoms with van der Waals surface area (Å²) in [5.74, 6) is 0. The predicted molar refractivity (Wildman–Crippen MR) is 65.7 cm³/mol. The largest absolute Gasteiger partial charge is 0.141 e. The third-order valence-corrected chi connectivity index (χ3v) is 4.11. The molecule has 0 aliphatic carbocycles. The molecule has 2 heteroatoms. The molecule has 0 fully saturated rings. The van der Waals surface area contributed by atoms with Crippen LogP contribution in [0, 0.1) is 11.1 Å². The van der Waals surface area contributed by atoms with E-state index < -0.39 is 8.07 Å². The molecule has 0 nitrogen and oxygen atoms in total. The van der Waals surface area contributed by atoms with Gasteiger partial charge in [-0.25, -0.2) is 0 Å². The molecule has 13 heavy (non-hydrogen) atoms. The van der Waals surface area contributed by atoms with Gasteiger partial charge in [-0.2, -0.15) is 0 Å². The molecule has 0 saturated heterocycles. The Morgan fingerprint density at radius 1 is 1.08 bits per heavy atom. The monoisotopic (exact) mass is 204 g/mol. The summed E-state index contributed by atoms with van der Waals surface area (Å²) in [7, 11) is -1.46. The average molecular weight is 204 g/mol. The Bertz CT molecular complexity index is 311. The van der Waals surface area contributed by atoms with E-state index in [1.807, 2.05) is 0 Å². The minimum Gasteiger partial charge on any atom is -0.141 e. The molecule has 0 aromatic heterocycles. The van der Waals surface area contributed by atoms with Crippen LogP contribution in [0.5, 0.6) is 0 Å². The van der Waals surface area contributed by atoms with Crippen LogP contribution in [0.4, 0.5) is 0 Å². The van der Waals surface area contributed by atoms with Gasteiger partial charge in [-0.05, 0) is 0 Å². The van der Waals surface area contributed by atoms with Gasteiger partial charge in [0.05, 0.1) is 0 Å². The Morgan fingerprint density at radius 3 is 2.23 bits per heavy atom. The van der Waals surface area contributed by atoms with Crippen molar-refractivity contribution in [2.45, 2.75) is 19.6 Å². The lowest BCUT2D eigenvalue weighted by Gasteiger charge is -2.03. The normalized spacial score (nSPS) is 11.3. The van der Waals surface area contributed by atoms with Gasteiger partial charge in [0.2, 0.25) is 0 Å². The molecule has 0 N–H and O–H groups in total. The van der Waals surface area contributed by atoms with Crippen LogP contribution < -0.4 is 5.19 Å². The second-order valence-electron chi connectivity index (χ2n) is 4.21. The summed E-state index contributed by atoms with van der Waals surface area (Å²) in [4.78, 5) is 0. The standard InChI is InChI=1S/C11H16Si2/c1-13(2,3)10-9-12-11-7-5-4-6-8-11/h4-8H,12H2,1-3H3. The van der Waals surface area contributed by atoms with Crippen LogP contribution in [0.15, 0.2) is 30.3 Å². The van der Waals surface area contributed by atoms with Gasteiger partial charge < -0.3 is 0 Å². The van der Waals surface area contributed by atoms with E-state index in [0.29, 0.717) is 0 Å². The Labute approximate surface area is 84.2 Å². The molecule has 0 heterocycles. The van der Waals surface area contributed by atoms with Gasteiger partial charge in [0.25, 0.3) is 0 Å². The fourth-order valence-corrected chi connectivity index (χ4v) is 4.19. The summed E-state index contributed by atoms with van der Waals surface area (Å²) in [6, 6.07) is 10.6. The van der Waals surface area contributed by atoms with Gasteiger partial charge in [0.1, 0.15) is 17.6 Å². The van der Waals surface area contributed by atoms with Crippen molar-refractivity contribution < 1.29 is 0 Å². The van der Waals surface area contributed by atoms with E-state index >= 15 is 0 Å². The minimum absolute atomic E-state index is 0.318. The molecular weight excluding hydrogens is 188 g/mol. The highest BCUT2D eigenvalue weighted by Crippen LogP contribution is 1.95. The van der Waals surface area contributed by atoms with E-state index in [0.717, 1.165) is 0 Å². The summed E-state index contributed by atoms with van der Waals surface area (Å²) in [6.45, 7) is 6.87. The summed E-state index contributed by atoms with van der Waals surface area (Å²) >= 11 is 0. The molecule has 0 unspecified atom stereocenters. The molecule has 0 spiro atoms. The smallest absolute Gasteiger partial charge is 0.137 e. The van der Waals surface area contributed by atoms with E-state index in [2.05, 4.69) is 61.1 Å². The van der Waals surface area contributed by atoms with Crippen molar-refractivity contribution in [2.75, 3.05) is 0 Å². The first-order chi connectivity index (χ1) is 6.08. The third kappa shape index (κ3) is 4.71. The first-order valence-electron chi connectivity index (χ1n) is 4.62. The second kappa shape index (κ2) is 4.45. The number of rotatable bonds is 1. The number of hydrogen-bond acceptors (Lipinski definition) is 0. The topological polar surface area (TPSA) is 0 Å². The maximum atomic E-state index is 3.42. The quantitative estimate of drug-likeness (QED) is 0.478. The van der Waals surface area contributed by atoms with E-state index in [1.54, 1.807) is 0 Å². The Hall–Kier alpha value is -0.786. The van der Waals surface area contributed by atoms with E-state index in [1.165, 1.54) is 5.19 Å². The van der Waals surface area contributed by atoms with Crippen LogP contribution in [0.25, 0.3) is 0 Å². The maximum absolute atomic E-state index is 3.42. The Kier molecular flexibility index (Phi) is 3.52. The number of benzene rings is 1. The molecule has 1 aromatic carbocycles. The molecule has 0 radical (unpaired) electrons. The SMILES string of the molecule is C[Si](C)(C)C#C[SiH2]c1ccccc1. The molecule has 1 rings (SSSR count). The maximum Gasteiger partial charge on any atom is 0.137 e. The molecule has 1 aromatic rings. The second-order valence-corrected chi connectivity index (χ2v) is 10.5. The highest BCUT2D eigenvalue weighted by Gasteiger charge is 2.06. The zero-order valence-corrected chi connectivity index (χ0v) is 11.0. The first kappa shape index (κ1) is 10.3.